The van der Waals surface area contributed by atoms with Crippen molar-refractivity contribution < 1.29 is 15.0 Å². The first-order valence-corrected chi connectivity index (χ1v) is 3.80. The maximum atomic E-state index is 10.9. The summed E-state index contributed by atoms with van der Waals surface area (Å²) in [7, 11) is 0. The largest absolute Gasteiger partial charge is 0.394 e. The highest BCUT2D eigenvalue weighted by Gasteiger charge is 2.26. The number of carbonyl (C=O) groups excluding carboxylic acids is 1. The second-order valence-corrected chi connectivity index (χ2v) is 2.72. The summed E-state index contributed by atoms with van der Waals surface area (Å²) >= 11 is 0. The Morgan fingerprint density at radius 2 is 2.27 bits per heavy atom. The van der Waals surface area contributed by atoms with Crippen LogP contribution in [0.1, 0.15) is 12.8 Å². The number of hydrogen-bond acceptors (Lipinski definition) is 3. The van der Waals surface area contributed by atoms with Gasteiger partial charge in [-0.3, -0.25) is 4.79 Å². The van der Waals surface area contributed by atoms with E-state index in [4.69, 9.17) is 10.2 Å². The summed E-state index contributed by atoms with van der Waals surface area (Å²) in [6.45, 7) is 0.229. The molecule has 1 rings (SSSR count). The van der Waals surface area contributed by atoms with E-state index in [0.717, 1.165) is 12.8 Å². The van der Waals surface area contributed by atoms with Gasteiger partial charge in [-0.25, -0.2) is 0 Å². The molecular weight excluding hydrogens is 146 g/mol. The normalized spacial score (nSPS) is 24.2. The molecule has 1 heterocycles. The van der Waals surface area contributed by atoms with Crippen molar-refractivity contribution in [3.05, 3.63) is 0 Å². The van der Waals surface area contributed by atoms with Crippen LogP contribution in [-0.4, -0.2) is 46.8 Å². The molecule has 0 unspecified atom stereocenters. The van der Waals surface area contributed by atoms with E-state index in [-0.39, 0.29) is 18.6 Å². The standard InChI is InChI=1S/C7H13NO3/c9-4-6-2-1-3-8(6)7(11)5-10/h6,9-10H,1-5H2/t6-/m1/s1. The molecule has 64 valence electrons. The Bertz CT molecular complexity index is 149. The van der Waals surface area contributed by atoms with Crippen molar-refractivity contribution in [1.82, 2.24) is 4.90 Å². The molecule has 2 N–H and O–H groups in total. The minimum atomic E-state index is -0.448. The molecule has 0 bridgehead atoms. The second kappa shape index (κ2) is 3.69. The van der Waals surface area contributed by atoms with E-state index in [1.54, 1.807) is 4.90 Å². The molecule has 1 fully saturated rings. The zero-order valence-electron chi connectivity index (χ0n) is 6.36. The fourth-order valence-corrected chi connectivity index (χ4v) is 1.44. The first-order valence-electron chi connectivity index (χ1n) is 3.80. The number of hydrogen-bond donors (Lipinski definition) is 2. The SMILES string of the molecule is O=C(CO)N1CCC[C@@H]1CO. The first-order chi connectivity index (χ1) is 5.29. The van der Waals surface area contributed by atoms with Crippen molar-refractivity contribution >= 4 is 5.91 Å². The summed E-state index contributed by atoms with van der Waals surface area (Å²) in [5, 5.41) is 17.3. The smallest absolute Gasteiger partial charge is 0.248 e. The van der Waals surface area contributed by atoms with E-state index in [0.29, 0.717) is 6.54 Å². The molecule has 1 aliphatic heterocycles. The topological polar surface area (TPSA) is 60.8 Å². The average Bonchev–Trinajstić information content (AvgIpc) is 2.50. The Hall–Kier alpha value is -0.610. The molecule has 0 aliphatic carbocycles. The highest BCUT2D eigenvalue weighted by molar-refractivity contribution is 5.77. The maximum Gasteiger partial charge on any atom is 0.248 e. The van der Waals surface area contributed by atoms with Crippen molar-refractivity contribution in [1.29, 1.82) is 0 Å². The van der Waals surface area contributed by atoms with Gasteiger partial charge in [0.15, 0.2) is 0 Å². The molecule has 0 saturated carbocycles. The molecule has 4 nitrogen and oxygen atoms in total. The molecule has 1 saturated heterocycles. The van der Waals surface area contributed by atoms with Gasteiger partial charge in [-0.15, -0.1) is 0 Å². The molecule has 1 atom stereocenters. The zero-order valence-corrected chi connectivity index (χ0v) is 6.36. The minimum Gasteiger partial charge on any atom is -0.394 e. The first kappa shape index (κ1) is 8.49. The van der Waals surface area contributed by atoms with Gasteiger partial charge in [0, 0.05) is 6.54 Å². The number of rotatable bonds is 2. The van der Waals surface area contributed by atoms with E-state index in [1.807, 2.05) is 0 Å². The lowest BCUT2D eigenvalue weighted by Crippen LogP contribution is -2.39. The quantitative estimate of drug-likeness (QED) is 0.541. The number of aliphatic hydroxyl groups is 2. The Kier molecular flexibility index (Phi) is 2.84. The van der Waals surface area contributed by atoms with Crippen LogP contribution in [0.25, 0.3) is 0 Å². The van der Waals surface area contributed by atoms with Crippen molar-refractivity contribution in [3.63, 3.8) is 0 Å². The van der Waals surface area contributed by atoms with Gasteiger partial charge in [0.05, 0.1) is 12.6 Å². The molecule has 0 aromatic heterocycles. The van der Waals surface area contributed by atoms with Gasteiger partial charge in [-0.05, 0) is 12.8 Å². The van der Waals surface area contributed by atoms with Crippen LogP contribution in [0.2, 0.25) is 0 Å². The van der Waals surface area contributed by atoms with E-state index in [9.17, 15) is 4.79 Å². The summed E-state index contributed by atoms with van der Waals surface area (Å²) < 4.78 is 0. The molecule has 4 heteroatoms. The van der Waals surface area contributed by atoms with Crippen LogP contribution < -0.4 is 0 Å². The predicted octanol–water partition coefficient (Wildman–Crippen LogP) is -1.04. The van der Waals surface area contributed by atoms with E-state index in [2.05, 4.69) is 0 Å². The molecule has 0 aromatic rings. The molecular formula is C7H13NO3. The van der Waals surface area contributed by atoms with Crippen LogP contribution in [0, 0.1) is 0 Å². The van der Waals surface area contributed by atoms with Crippen LogP contribution in [0.3, 0.4) is 0 Å². The third-order valence-electron chi connectivity index (χ3n) is 2.04. The predicted molar refractivity (Wildman–Crippen MR) is 38.9 cm³/mol. The van der Waals surface area contributed by atoms with Crippen molar-refractivity contribution in [2.24, 2.45) is 0 Å². The lowest BCUT2D eigenvalue weighted by molar-refractivity contribution is -0.135. The van der Waals surface area contributed by atoms with Crippen LogP contribution in [0.15, 0.2) is 0 Å². The summed E-state index contributed by atoms with van der Waals surface area (Å²) in [4.78, 5) is 12.5. The summed E-state index contributed by atoms with van der Waals surface area (Å²) in [6.07, 6.45) is 1.78. The monoisotopic (exact) mass is 159 g/mol. The number of amides is 1. The van der Waals surface area contributed by atoms with E-state index < -0.39 is 6.61 Å². The van der Waals surface area contributed by atoms with Gasteiger partial charge < -0.3 is 15.1 Å². The summed E-state index contributed by atoms with van der Waals surface area (Å²) in [6, 6.07) is -0.0605. The highest BCUT2D eigenvalue weighted by atomic mass is 16.3. The van der Waals surface area contributed by atoms with E-state index >= 15 is 0 Å². The third-order valence-corrected chi connectivity index (χ3v) is 2.04. The summed E-state index contributed by atoms with van der Waals surface area (Å²) in [5.41, 5.74) is 0. The third kappa shape index (κ3) is 1.70. The molecule has 0 spiro atoms. The maximum absolute atomic E-state index is 10.9. The lowest BCUT2D eigenvalue weighted by Gasteiger charge is -2.21. The Labute approximate surface area is 65.4 Å². The fraction of sp³-hybridized carbons (Fsp3) is 0.857. The number of aliphatic hydroxyl groups excluding tert-OH is 2. The van der Waals surface area contributed by atoms with Gasteiger partial charge in [0.2, 0.25) is 5.91 Å². The highest BCUT2D eigenvalue weighted by Crippen LogP contribution is 2.15. The van der Waals surface area contributed by atoms with Gasteiger partial charge in [-0.1, -0.05) is 0 Å². The molecule has 0 radical (unpaired) electrons. The number of nitrogens with zero attached hydrogens (tertiary/aromatic N) is 1. The number of likely N-dealkylation sites (tertiary alicyclic amines) is 1. The van der Waals surface area contributed by atoms with Crippen LogP contribution >= 0.6 is 0 Å². The van der Waals surface area contributed by atoms with Crippen LogP contribution in [0.4, 0.5) is 0 Å². The minimum absolute atomic E-state index is 0.00569. The molecule has 1 amide bonds. The van der Waals surface area contributed by atoms with Gasteiger partial charge in [0.25, 0.3) is 0 Å². The van der Waals surface area contributed by atoms with Gasteiger partial charge in [0.1, 0.15) is 6.61 Å². The zero-order chi connectivity index (χ0) is 8.27. The molecule has 0 aromatic carbocycles. The summed E-state index contributed by atoms with van der Waals surface area (Å²) in [5.74, 6) is -0.276. The Morgan fingerprint density at radius 3 is 2.82 bits per heavy atom. The average molecular weight is 159 g/mol. The molecule has 1 aliphatic rings. The van der Waals surface area contributed by atoms with Crippen molar-refractivity contribution in [2.45, 2.75) is 18.9 Å². The van der Waals surface area contributed by atoms with Crippen molar-refractivity contribution in [2.75, 3.05) is 19.8 Å². The second-order valence-electron chi connectivity index (χ2n) is 2.72. The fourth-order valence-electron chi connectivity index (χ4n) is 1.44. The number of carbonyl (C=O) groups is 1. The van der Waals surface area contributed by atoms with Crippen LogP contribution in [-0.2, 0) is 4.79 Å². The van der Waals surface area contributed by atoms with E-state index in [1.165, 1.54) is 0 Å². The van der Waals surface area contributed by atoms with Crippen molar-refractivity contribution in [3.8, 4) is 0 Å². The van der Waals surface area contributed by atoms with Gasteiger partial charge in [-0.2, -0.15) is 0 Å². The Morgan fingerprint density at radius 1 is 1.55 bits per heavy atom. The van der Waals surface area contributed by atoms with Crippen LogP contribution in [0.5, 0.6) is 0 Å². The lowest BCUT2D eigenvalue weighted by atomic mass is 10.2. The van der Waals surface area contributed by atoms with Gasteiger partial charge >= 0.3 is 0 Å². The molecule has 11 heavy (non-hydrogen) atoms. The Balaban J connectivity index is 2.49.